The molecule has 1 fully saturated rings. The van der Waals surface area contributed by atoms with Gasteiger partial charge in [-0.15, -0.1) is 0 Å². The fourth-order valence-electron chi connectivity index (χ4n) is 3.57. The van der Waals surface area contributed by atoms with Crippen molar-refractivity contribution in [1.29, 1.82) is 0 Å². The Hall–Kier alpha value is -2.97. The molecule has 0 saturated carbocycles. The Morgan fingerprint density at radius 1 is 0.903 bits per heavy atom. The van der Waals surface area contributed by atoms with Gasteiger partial charge in [0.05, 0.1) is 4.90 Å². The molecular formula is C23H23FN2O4S. The lowest BCUT2D eigenvalue weighted by molar-refractivity contribution is 0.0733. The highest BCUT2D eigenvalue weighted by atomic mass is 32.2. The predicted molar refractivity (Wildman–Crippen MR) is 115 cm³/mol. The number of halogens is 1. The van der Waals surface area contributed by atoms with E-state index in [0.717, 1.165) is 5.56 Å². The number of sulfonamides is 1. The molecule has 8 heteroatoms. The second kappa shape index (κ2) is 8.64. The second-order valence-electron chi connectivity index (χ2n) is 7.53. The van der Waals surface area contributed by atoms with E-state index in [-0.39, 0.29) is 35.5 Å². The maximum atomic E-state index is 13.1. The molecule has 1 aliphatic heterocycles. The van der Waals surface area contributed by atoms with Crippen LogP contribution in [0.4, 0.5) is 4.39 Å². The van der Waals surface area contributed by atoms with Gasteiger partial charge in [-0.1, -0.05) is 17.7 Å². The molecule has 1 aliphatic rings. The smallest absolute Gasteiger partial charge is 0.289 e. The minimum Gasteiger partial charge on any atom is -0.451 e. The summed E-state index contributed by atoms with van der Waals surface area (Å²) in [4.78, 5) is 14.8. The van der Waals surface area contributed by atoms with Crippen LogP contribution in [-0.2, 0) is 10.0 Å². The van der Waals surface area contributed by atoms with Crippen molar-refractivity contribution in [3.8, 4) is 11.3 Å². The molecule has 1 amide bonds. The van der Waals surface area contributed by atoms with E-state index in [2.05, 4.69) is 0 Å². The second-order valence-corrected chi connectivity index (χ2v) is 9.47. The third kappa shape index (κ3) is 4.55. The highest BCUT2D eigenvalue weighted by Crippen LogP contribution is 2.24. The molecule has 0 aliphatic carbocycles. The topological polar surface area (TPSA) is 70.8 Å². The standard InChI is InChI=1S/C23H23FN2O4S/c1-17-3-9-20(10-4-17)31(28,29)26-14-2-13-25(15-16-26)23(27)22-12-11-21(30-22)18-5-7-19(24)8-6-18/h3-12H,2,13-16H2,1H3. The monoisotopic (exact) mass is 442 g/mol. The summed E-state index contributed by atoms with van der Waals surface area (Å²) in [7, 11) is -3.61. The van der Waals surface area contributed by atoms with Gasteiger partial charge in [-0.2, -0.15) is 4.31 Å². The van der Waals surface area contributed by atoms with Gasteiger partial charge in [0.15, 0.2) is 5.76 Å². The van der Waals surface area contributed by atoms with Crippen molar-refractivity contribution in [3.05, 3.63) is 77.8 Å². The van der Waals surface area contributed by atoms with Crippen LogP contribution in [0.1, 0.15) is 22.5 Å². The van der Waals surface area contributed by atoms with Gasteiger partial charge in [0.25, 0.3) is 5.91 Å². The zero-order chi connectivity index (χ0) is 22.0. The van der Waals surface area contributed by atoms with Crippen LogP contribution in [0.3, 0.4) is 0 Å². The van der Waals surface area contributed by atoms with Crippen LogP contribution < -0.4 is 0 Å². The van der Waals surface area contributed by atoms with Crippen molar-refractivity contribution in [2.45, 2.75) is 18.2 Å². The molecule has 1 saturated heterocycles. The van der Waals surface area contributed by atoms with Gasteiger partial charge >= 0.3 is 0 Å². The molecule has 3 aromatic rings. The van der Waals surface area contributed by atoms with Gasteiger partial charge in [0.2, 0.25) is 10.0 Å². The largest absolute Gasteiger partial charge is 0.451 e. The van der Waals surface area contributed by atoms with Crippen molar-refractivity contribution < 1.29 is 22.0 Å². The number of furan rings is 1. The Labute approximate surface area is 180 Å². The lowest BCUT2D eigenvalue weighted by Gasteiger charge is -2.21. The molecule has 31 heavy (non-hydrogen) atoms. The molecule has 4 rings (SSSR count). The van der Waals surface area contributed by atoms with E-state index in [9.17, 15) is 17.6 Å². The van der Waals surface area contributed by atoms with Crippen LogP contribution in [0.25, 0.3) is 11.3 Å². The Kier molecular flexibility index (Phi) is 5.93. The summed E-state index contributed by atoms with van der Waals surface area (Å²) in [6, 6.07) is 15.9. The zero-order valence-electron chi connectivity index (χ0n) is 17.1. The summed E-state index contributed by atoms with van der Waals surface area (Å²) in [5.41, 5.74) is 1.66. The molecule has 0 spiro atoms. The first-order chi connectivity index (χ1) is 14.8. The third-order valence-corrected chi connectivity index (χ3v) is 7.26. The lowest BCUT2D eigenvalue weighted by atomic mass is 10.2. The quantitative estimate of drug-likeness (QED) is 0.614. The number of hydrogen-bond donors (Lipinski definition) is 0. The van der Waals surface area contributed by atoms with E-state index >= 15 is 0 Å². The minimum absolute atomic E-state index is 0.175. The number of benzene rings is 2. The Bertz CT molecular complexity index is 1170. The summed E-state index contributed by atoms with van der Waals surface area (Å²) < 4.78 is 46.2. The summed E-state index contributed by atoms with van der Waals surface area (Å²) in [6.45, 7) is 3.18. The van der Waals surface area contributed by atoms with Crippen molar-refractivity contribution in [2.75, 3.05) is 26.2 Å². The molecule has 162 valence electrons. The number of aryl methyl sites for hydroxylation is 1. The fraction of sp³-hybridized carbons (Fsp3) is 0.261. The van der Waals surface area contributed by atoms with Gasteiger partial charge in [0, 0.05) is 31.7 Å². The first-order valence-corrected chi connectivity index (χ1v) is 11.5. The van der Waals surface area contributed by atoms with Gasteiger partial charge in [-0.05, 0) is 61.9 Å². The summed E-state index contributed by atoms with van der Waals surface area (Å²) >= 11 is 0. The van der Waals surface area contributed by atoms with Crippen molar-refractivity contribution >= 4 is 15.9 Å². The van der Waals surface area contributed by atoms with E-state index in [4.69, 9.17) is 4.42 Å². The number of hydrogen-bond acceptors (Lipinski definition) is 4. The number of amides is 1. The normalized spacial score (nSPS) is 15.6. The average molecular weight is 443 g/mol. The van der Waals surface area contributed by atoms with Gasteiger partial charge < -0.3 is 9.32 Å². The third-order valence-electron chi connectivity index (χ3n) is 5.35. The molecule has 0 unspecified atom stereocenters. The van der Waals surface area contributed by atoms with E-state index in [1.54, 1.807) is 53.4 Å². The van der Waals surface area contributed by atoms with Crippen molar-refractivity contribution in [3.63, 3.8) is 0 Å². The molecule has 6 nitrogen and oxygen atoms in total. The van der Waals surface area contributed by atoms with E-state index in [0.29, 0.717) is 30.8 Å². The van der Waals surface area contributed by atoms with Gasteiger partial charge in [0.1, 0.15) is 11.6 Å². The molecule has 2 aromatic carbocycles. The molecule has 0 N–H and O–H groups in total. The fourth-order valence-corrected chi connectivity index (χ4v) is 5.04. The lowest BCUT2D eigenvalue weighted by Crippen LogP contribution is -2.37. The highest BCUT2D eigenvalue weighted by Gasteiger charge is 2.29. The first-order valence-electron chi connectivity index (χ1n) is 10.1. The number of carbonyl (C=O) groups is 1. The molecule has 2 heterocycles. The van der Waals surface area contributed by atoms with E-state index in [1.165, 1.54) is 16.4 Å². The van der Waals surface area contributed by atoms with Crippen molar-refractivity contribution in [2.24, 2.45) is 0 Å². The number of carbonyl (C=O) groups excluding carboxylic acids is 1. The zero-order valence-corrected chi connectivity index (χ0v) is 17.9. The summed E-state index contributed by atoms with van der Waals surface area (Å²) in [6.07, 6.45) is 0.530. The Balaban J connectivity index is 1.46. The number of rotatable bonds is 4. The predicted octanol–water partition coefficient (Wildman–Crippen LogP) is 3.93. The molecule has 1 aromatic heterocycles. The van der Waals surface area contributed by atoms with Crippen LogP contribution in [0.2, 0.25) is 0 Å². The van der Waals surface area contributed by atoms with Crippen LogP contribution in [0.15, 0.2) is 70.0 Å². The maximum absolute atomic E-state index is 13.1. The van der Waals surface area contributed by atoms with E-state index in [1.807, 2.05) is 6.92 Å². The molecule has 0 atom stereocenters. The highest BCUT2D eigenvalue weighted by molar-refractivity contribution is 7.89. The number of nitrogens with zero attached hydrogens (tertiary/aromatic N) is 2. The summed E-state index contributed by atoms with van der Waals surface area (Å²) in [5, 5.41) is 0. The Morgan fingerprint density at radius 2 is 1.61 bits per heavy atom. The van der Waals surface area contributed by atoms with Crippen molar-refractivity contribution in [1.82, 2.24) is 9.21 Å². The molecular weight excluding hydrogens is 419 g/mol. The van der Waals surface area contributed by atoms with E-state index < -0.39 is 10.0 Å². The van der Waals surface area contributed by atoms with Crippen LogP contribution in [0, 0.1) is 12.7 Å². The Morgan fingerprint density at radius 3 is 2.32 bits per heavy atom. The maximum Gasteiger partial charge on any atom is 0.289 e. The van der Waals surface area contributed by atoms with Crippen LogP contribution in [0.5, 0.6) is 0 Å². The van der Waals surface area contributed by atoms with Crippen LogP contribution in [-0.4, -0.2) is 49.7 Å². The van der Waals surface area contributed by atoms with Gasteiger partial charge in [-0.3, -0.25) is 4.79 Å². The van der Waals surface area contributed by atoms with Crippen LogP contribution >= 0.6 is 0 Å². The van der Waals surface area contributed by atoms with Gasteiger partial charge in [-0.25, -0.2) is 12.8 Å². The first kappa shape index (κ1) is 21.3. The molecule has 0 radical (unpaired) electrons. The SMILES string of the molecule is Cc1ccc(S(=O)(=O)N2CCCN(C(=O)c3ccc(-c4ccc(F)cc4)o3)CC2)cc1. The minimum atomic E-state index is -3.61. The average Bonchev–Trinajstić information content (AvgIpc) is 3.11. The summed E-state index contributed by atoms with van der Waals surface area (Å²) in [5.74, 6) is 0.0141. The molecule has 0 bridgehead atoms.